The third-order valence-corrected chi connectivity index (χ3v) is 7.79. The van der Waals surface area contributed by atoms with E-state index >= 15 is 0 Å². The molecule has 2 heterocycles. The maximum absolute atomic E-state index is 12.7. The largest absolute Gasteiger partial charge is 0.305 e. The average molecular weight is 431 g/mol. The van der Waals surface area contributed by atoms with Gasteiger partial charge in [-0.05, 0) is 44.4 Å². The lowest BCUT2D eigenvalue weighted by atomic mass is 9.86. The number of fused-ring (bicyclic) bond motifs is 1. The predicted molar refractivity (Wildman–Crippen MR) is 112 cm³/mol. The summed E-state index contributed by atoms with van der Waals surface area (Å²) in [7, 11) is -3.95. The Morgan fingerprint density at radius 1 is 1.23 bits per heavy atom. The molecule has 0 radical (unpaired) electrons. The number of aromatic amines is 1. The number of carbonyl (C=O) groups excluding carboxylic acids is 2. The molecule has 160 valence electrons. The first kappa shape index (κ1) is 20.6. The molecule has 0 bridgehead atoms. The van der Waals surface area contributed by atoms with Crippen LogP contribution in [0.4, 0.5) is 5.82 Å². The zero-order valence-electron chi connectivity index (χ0n) is 17.1. The minimum atomic E-state index is -3.95. The van der Waals surface area contributed by atoms with Crippen LogP contribution in [0.3, 0.4) is 0 Å². The molecule has 1 aliphatic heterocycles. The molecule has 1 saturated carbocycles. The van der Waals surface area contributed by atoms with Crippen molar-refractivity contribution < 1.29 is 18.0 Å². The standard InChI is InChI=1S/C21H26N4O4S/c1-13(2)25-21(27)17-9-8-15(11-18(17)30(25,28)29)20(26)22-19-12-16(23-24-19)10-14-6-4-3-5-7-14/h8-9,11-14H,3-7,10H2,1-2H3,(H2,22,23,24,26). The lowest BCUT2D eigenvalue weighted by Crippen LogP contribution is -2.36. The quantitative estimate of drug-likeness (QED) is 0.755. The topological polar surface area (TPSA) is 112 Å². The van der Waals surface area contributed by atoms with E-state index < -0.39 is 27.9 Å². The number of amides is 2. The number of sulfonamides is 1. The summed E-state index contributed by atoms with van der Waals surface area (Å²) in [5.74, 6) is 0.00549. The van der Waals surface area contributed by atoms with E-state index in [4.69, 9.17) is 0 Å². The normalized spacial score (nSPS) is 18.6. The highest BCUT2D eigenvalue weighted by molar-refractivity contribution is 7.90. The molecule has 2 N–H and O–H groups in total. The molecule has 0 saturated heterocycles. The number of nitrogens with zero attached hydrogens (tertiary/aromatic N) is 2. The summed E-state index contributed by atoms with van der Waals surface area (Å²) in [5, 5.41) is 9.84. The van der Waals surface area contributed by atoms with Gasteiger partial charge in [-0.25, -0.2) is 12.7 Å². The Balaban J connectivity index is 1.49. The molecule has 1 aromatic carbocycles. The lowest BCUT2D eigenvalue weighted by Gasteiger charge is -2.20. The second-order valence-corrected chi connectivity index (χ2v) is 10.1. The molecule has 0 spiro atoms. The van der Waals surface area contributed by atoms with Crippen LogP contribution in [-0.4, -0.2) is 40.8 Å². The number of hydrogen-bond donors (Lipinski definition) is 2. The van der Waals surface area contributed by atoms with Crippen LogP contribution in [0.25, 0.3) is 0 Å². The van der Waals surface area contributed by atoms with Crippen molar-refractivity contribution in [3.8, 4) is 0 Å². The first-order valence-corrected chi connectivity index (χ1v) is 11.8. The van der Waals surface area contributed by atoms with Crippen molar-refractivity contribution in [1.29, 1.82) is 0 Å². The molecule has 8 nitrogen and oxygen atoms in total. The zero-order chi connectivity index (χ0) is 21.5. The molecular weight excluding hydrogens is 404 g/mol. The number of H-pyrrole nitrogens is 1. The second-order valence-electron chi connectivity index (χ2n) is 8.35. The van der Waals surface area contributed by atoms with Crippen molar-refractivity contribution in [2.24, 2.45) is 5.92 Å². The van der Waals surface area contributed by atoms with Gasteiger partial charge in [-0.15, -0.1) is 0 Å². The summed E-state index contributed by atoms with van der Waals surface area (Å²) in [6.45, 7) is 3.27. The maximum Gasteiger partial charge on any atom is 0.269 e. The number of anilines is 1. The van der Waals surface area contributed by atoms with Gasteiger partial charge in [0, 0.05) is 23.4 Å². The van der Waals surface area contributed by atoms with Crippen LogP contribution >= 0.6 is 0 Å². The first-order valence-electron chi connectivity index (χ1n) is 10.4. The van der Waals surface area contributed by atoms with Gasteiger partial charge in [-0.1, -0.05) is 32.1 Å². The van der Waals surface area contributed by atoms with E-state index in [1.807, 2.05) is 6.07 Å². The summed E-state index contributed by atoms with van der Waals surface area (Å²) < 4.78 is 26.3. The molecule has 0 atom stereocenters. The van der Waals surface area contributed by atoms with Crippen molar-refractivity contribution >= 4 is 27.7 Å². The van der Waals surface area contributed by atoms with Crippen LogP contribution < -0.4 is 5.32 Å². The number of aromatic nitrogens is 2. The van der Waals surface area contributed by atoms with E-state index in [1.165, 1.54) is 50.3 Å². The van der Waals surface area contributed by atoms with Crippen LogP contribution in [0.2, 0.25) is 0 Å². The molecule has 2 aromatic rings. The monoisotopic (exact) mass is 430 g/mol. The van der Waals surface area contributed by atoms with Crippen molar-refractivity contribution in [2.45, 2.75) is 63.3 Å². The summed E-state index contributed by atoms with van der Waals surface area (Å²) in [4.78, 5) is 25.0. The Labute approximate surface area is 176 Å². The molecule has 1 aliphatic carbocycles. The van der Waals surface area contributed by atoms with Crippen LogP contribution in [-0.2, 0) is 16.4 Å². The molecular formula is C21H26N4O4S. The van der Waals surface area contributed by atoms with E-state index in [2.05, 4.69) is 15.5 Å². The fourth-order valence-corrected chi connectivity index (χ4v) is 6.11. The minimum Gasteiger partial charge on any atom is -0.305 e. The Kier molecular flexibility index (Phi) is 5.40. The Morgan fingerprint density at radius 3 is 2.67 bits per heavy atom. The number of carbonyl (C=O) groups is 2. The van der Waals surface area contributed by atoms with Crippen molar-refractivity contribution in [2.75, 3.05) is 5.32 Å². The molecule has 2 aliphatic rings. The van der Waals surface area contributed by atoms with Crippen LogP contribution in [0, 0.1) is 5.92 Å². The van der Waals surface area contributed by atoms with Gasteiger partial charge in [0.15, 0.2) is 5.82 Å². The SMILES string of the molecule is CC(C)N1C(=O)c2ccc(C(=O)Nc3cc(CC4CCCCC4)[nH]n3)cc2S1(=O)=O. The van der Waals surface area contributed by atoms with E-state index in [9.17, 15) is 18.0 Å². The highest BCUT2D eigenvalue weighted by Gasteiger charge is 2.42. The molecule has 1 aromatic heterocycles. The van der Waals surface area contributed by atoms with Gasteiger partial charge in [0.05, 0.1) is 5.56 Å². The van der Waals surface area contributed by atoms with Gasteiger partial charge in [0.25, 0.3) is 21.8 Å². The third kappa shape index (κ3) is 3.74. The highest BCUT2D eigenvalue weighted by Crippen LogP contribution is 2.33. The first-order chi connectivity index (χ1) is 14.3. The van der Waals surface area contributed by atoms with E-state index in [0.29, 0.717) is 11.7 Å². The third-order valence-electron chi connectivity index (χ3n) is 5.79. The number of nitrogens with one attached hydrogen (secondary N) is 2. The summed E-state index contributed by atoms with van der Waals surface area (Å²) in [6.07, 6.45) is 7.18. The fourth-order valence-electron chi connectivity index (χ4n) is 4.32. The number of hydrogen-bond acceptors (Lipinski definition) is 5. The van der Waals surface area contributed by atoms with Gasteiger partial charge in [-0.2, -0.15) is 5.10 Å². The van der Waals surface area contributed by atoms with Gasteiger partial charge in [0.1, 0.15) is 4.90 Å². The molecule has 2 amide bonds. The van der Waals surface area contributed by atoms with Gasteiger partial charge in [0.2, 0.25) is 0 Å². The molecule has 30 heavy (non-hydrogen) atoms. The summed E-state index contributed by atoms with van der Waals surface area (Å²) in [5.41, 5.74) is 1.23. The van der Waals surface area contributed by atoms with Crippen molar-refractivity contribution in [3.05, 3.63) is 41.1 Å². The molecule has 1 fully saturated rings. The average Bonchev–Trinajstić information content (AvgIpc) is 3.22. The van der Waals surface area contributed by atoms with Crippen LogP contribution in [0.5, 0.6) is 0 Å². The Bertz CT molecular complexity index is 1080. The van der Waals surface area contributed by atoms with E-state index in [0.717, 1.165) is 16.4 Å². The molecule has 9 heteroatoms. The minimum absolute atomic E-state index is 0.0924. The number of benzene rings is 1. The van der Waals surface area contributed by atoms with Crippen LogP contribution in [0.1, 0.15) is 72.4 Å². The lowest BCUT2D eigenvalue weighted by molar-refractivity contribution is 0.0846. The van der Waals surface area contributed by atoms with Crippen LogP contribution in [0.15, 0.2) is 29.2 Å². The van der Waals surface area contributed by atoms with E-state index in [-0.39, 0.29) is 16.0 Å². The Hall–Kier alpha value is -2.68. The summed E-state index contributed by atoms with van der Waals surface area (Å²) in [6, 6.07) is 5.43. The zero-order valence-corrected chi connectivity index (χ0v) is 18.0. The molecule has 4 rings (SSSR count). The second kappa shape index (κ2) is 7.86. The maximum atomic E-state index is 12.7. The van der Waals surface area contributed by atoms with Crippen molar-refractivity contribution in [3.63, 3.8) is 0 Å². The fraction of sp³-hybridized carbons (Fsp3) is 0.476. The van der Waals surface area contributed by atoms with Gasteiger partial charge >= 0.3 is 0 Å². The number of rotatable bonds is 5. The molecule has 0 unspecified atom stereocenters. The van der Waals surface area contributed by atoms with E-state index in [1.54, 1.807) is 13.8 Å². The summed E-state index contributed by atoms with van der Waals surface area (Å²) >= 11 is 0. The smallest absolute Gasteiger partial charge is 0.269 e. The van der Waals surface area contributed by atoms with Gasteiger partial charge in [-0.3, -0.25) is 14.7 Å². The predicted octanol–water partition coefficient (Wildman–Crippen LogP) is 3.34. The Morgan fingerprint density at radius 2 is 1.97 bits per heavy atom. The van der Waals surface area contributed by atoms with Crippen molar-refractivity contribution in [1.82, 2.24) is 14.5 Å². The van der Waals surface area contributed by atoms with Gasteiger partial charge < -0.3 is 5.32 Å². The highest BCUT2D eigenvalue weighted by atomic mass is 32.2.